The second-order valence-corrected chi connectivity index (χ2v) is 4.92. The number of hydrogen-bond donors (Lipinski definition) is 2. The topological polar surface area (TPSA) is 78.0 Å². The van der Waals surface area contributed by atoms with Crippen molar-refractivity contribution >= 4 is 0 Å². The number of para-hydroxylation sites is 1. The van der Waals surface area contributed by atoms with E-state index in [0.29, 0.717) is 12.5 Å². The fourth-order valence-corrected chi connectivity index (χ4v) is 2.28. The van der Waals surface area contributed by atoms with Crippen LogP contribution in [0.2, 0.25) is 0 Å². The molecular weight excluding hydrogens is 254 g/mol. The molecule has 6 heteroatoms. The molecule has 6 nitrogen and oxygen atoms in total. The second-order valence-electron chi connectivity index (χ2n) is 4.92. The summed E-state index contributed by atoms with van der Waals surface area (Å²) in [5.41, 5.74) is 4.77. The molecule has 0 saturated carbocycles. The summed E-state index contributed by atoms with van der Waals surface area (Å²) in [5, 5.41) is 8.16. The maximum absolute atomic E-state index is 5.70. The highest BCUT2D eigenvalue weighted by atomic mass is 16.5. The molecule has 0 saturated heterocycles. The third-order valence-electron chi connectivity index (χ3n) is 3.22. The Morgan fingerprint density at radius 2 is 2.10 bits per heavy atom. The third-order valence-corrected chi connectivity index (χ3v) is 3.22. The van der Waals surface area contributed by atoms with Crippen LogP contribution in [0.25, 0.3) is 5.69 Å². The minimum Gasteiger partial charge on any atom is -0.384 e. The van der Waals surface area contributed by atoms with Crippen LogP contribution >= 0.6 is 0 Å². The van der Waals surface area contributed by atoms with Crippen LogP contribution in [0.4, 0.5) is 0 Å². The number of nitrogens with one attached hydrogen (secondary N) is 1. The predicted octanol–water partition coefficient (Wildman–Crippen LogP) is 1.44. The maximum atomic E-state index is 5.70. The number of ether oxygens (including phenoxy) is 1. The van der Waals surface area contributed by atoms with Crippen molar-refractivity contribution in [1.82, 2.24) is 20.4 Å². The van der Waals surface area contributed by atoms with E-state index in [9.17, 15) is 0 Å². The van der Waals surface area contributed by atoms with Crippen molar-refractivity contribution in [2.24, 2.45) is 11.8 Å². The van der Waals surface area contributed by atoms with Crippen molar-refractivity contribution in [3.63, 3.8) is 0 Å². The van der Waals surface area contributed by atoms with Gasteiger partial charge in [0.1, 0.15) is 0 Å². The first kappa shape index (κ1) is 14.6. The van der Waals surface area contributed by atoms with Gasteiger partial charge in [-0.05, 0) is 24.5 Å². The molecule has 0 aliphatic carbocycles. The SMILES string of the molecule is COCC(C)CC(NN)c1cnnn1-c1ccccc1. The number of methoxy groups -OCH3 is 1. The van der Waals surface area contributed by atoms with Gasteiger partial charge in [-0.15, -0.1) is 5.10 Å². The molecule has 0 aliphatic heterocycles. The lowest BCUT2D eigenvalue weighted by Gasteiger charge is -2.20. The predicted molar refractivity (Wildman–Crippen MR) is 77.1 cm³/mol. The highest BCUT2D eigenvalue weighted by molar-refractivity contribution is 5.32. The lowest BCUT2D eigenvalue weighted by atomic mass is 10.0. The van der Waals surface area contributed by atoms with Crippen molar-refractivity contribution in [2.45, 2.75) is 19.4 Å². The normalized spacial score (nSPS) is 14.2. The number of aromatic nitrogens is 3. The monoisotopic (exact) mass is 275 g/mol. The fourth-order valence-electron chi connectivity index (χ4n) is 2.28. The average Bonchev–Trinajstić information content (AvgIpc) is 2.95. The van der Waals surface area contributed by atoms with Crippen LogP contribution in [0.15, 0.2) is 36.5 Å². The van der Waals surface area contributed by atoms with E-state index in [1.807, 2.05) is 35.0 Å². The van der Waals surface area contributed by atoms with Crippen molar-refractivity contribution in [3.05, 3.63) is 42.2 Å². The molecule has 0 bridgehead atoms. The van der Waals surface area contributed by atoms with Gasteiger partial charge in [0.05, 0.1) is 23.6 Å². The smallest absolute Gasteiger partial charge is 0.0828 e. The third kappa shape index (κ3) is 3.41. The Morgan fingerprint density at radius 1 is 1.35 bits per heavy atom. The van der Waals surface area contributed by atoms with E-state index in [-0.39, 0.29) is 6.04 Å². The van der Waals surface area contributed by atoms with Gasteiger partial charge in [-0.2, -0.15) is 0 Å². The van der Waals surface area contributed by atoms with Crippen LogP contribution in [-0.4, -0.2) is 28.7 Å². The van der Waals surface area contributed by atoms with Gasteiger partial charge in [0.15, 0.2) is 0 Å². The minimum absolute atomic E-state index is 0.0182. The Hall–Kier alpha value is -1.76. The van der Waals surface area contributed by atoms with Crippen LogP contribution < -0.4 is 11.3 Å². The summed E-state index contributed by atoms with van der Waals surface area (Å²) >= 11 is 0. The van der Waals surface area contributed by atoms with Gasteiger partial charge >= 0.3 is 0 Å². The van der Waals surface area contributed by atoms with Crippen molar-refractivity contribution in [3.8, 4) is 5.69 Å². The summed E-state index contributed by atoms with van der Waals surface area (Å²) in [5.74, 6) is 6.08. The van der Waals surface area contributed by atoms with Gasteiger partial charge in [0.2, 0.25) is 0 Å². The van der Waals surface area contributed by atoms with E-state index < -0.39 is 0 Å². The molecular formula is C14H21N5O. The largest absolute Gasteiger partial charge is 0.384 e. The van der Waals surface area contributed by atoms with Gasteiger partial charge in [0, 0.05) is 13.7 Å². The highest BCUT2D eigenvalue weighted by Crippen LogP contribution is 2.22. The summed E-state index contributed by atoms with van der Waals surface area (Å²) in [4.78, 5) is 0. The van der Waals surface area contributed by atoms with Crippen LogP contribution in [-0.2, 0) is 4.74 Å². The molecule has 0 aliphatic rings. The molecule has 1 aromatic heterocycles. The molecule has 0 radical (unpaired) electrons. The molecule has 0 amide bonds. The molecule has 2 atom stereocenters. The minimum atomic E-state index is -0.0182. The van der Waals surface area contributed by atoms with Gasteiger partial charge in [-0.3, -0.25) is 11.3 Å². The Morgan fingerprint density at radius 3 is 2.75 bits per heavy atom. The number of hydrogen-bond acceptors (Lipinski definition) is 5. The standard InChI is InChI=1S/C14H21N5O/c1-11(10-20-2)8-13(17-15)14-9-16-18-19(14)12-6-4-3-5-7-12/h3-7,9,11,13,17H,8,10,15H2,1-2H3. The van der Waals surface area contributed by atoms with Crippen molar-refractivity contribution in [1.29, 1.82) is 0 Å². The van der Waals surface area contributed by atoms with E-state index in [1.165, 1.54) is 0 Å². The molecule has 2 aromatic rings. The summed E-state index contributed by atoms with van der Waals surface area (Å²) in [6, 6.07) is 9.88. The zero-order valence-electron chi connectivity index (χ0n) is 11.9. The number of nitrogens with zero attached hydrogens (tertiary/aromatic N) is 3. The zero-order chi connectivity index (χ0) is 14.4. The van der Waals surface area contributed by atoms with Gasteiger partial charge in [-0.1, -0.05) is 30.3 Å². The van der Waals surface area contributed by atoms with Gasteiger partial charge in [0.25, 0.3) is 0 Å². The maximum Gasteiger partial charge on any atom is 0.0828 e. The van der Waals surface area contributed by atoms with Crippen molar-refractivity contribution in [2.75, 3.05) is 13.7 Å². The Balaban J connectivity index is 2.21. The fraction of sp³-hybridized carbons (Fsp3) is 0.429. The molecule has 3 N–H and O–H groups in total. The van der Waals surface area contributed by atoms with E-state index in [1.54, 1.807) is 13.3 Å². The molecule has 20 heavy (non-hydrogen) atoms. The van der Waals surface area contributed by atoms with E-state index >= 15 is 0 Å². The van der Waals surface area contributed by atoms with Crippen LogP contribution in [0, 0.1) is 5.92 Å². The van der Waals surface area contributed by atoms with Crippen LogP contribution in [0.1, 0.15) is 25.1 Å². The average molecular weight is 275 g/mol. The number of rotatable bonds is 7. The Labute approximate surface area is 118 Å². The molecule has 1 heterocycles. The van der Waals surface area contributed by atoms with Gasteiger partial charge < -0.3 is 4.74 Å². The Bertz CT molecular complexity index is 513. The van der Waals surface area contributed by atoms with Crippen LogP contribution in [0.3, 0.4) is 0 Å². The quantitative estimate of drug-likeness (QED) is 0.590. The number of hydrazine groups is 1. The molecule has 0 spiro atoms. The second kappa shape index (κ2) is 7.14. The summed E-state index contributed by atoms with van der Waals surface area (Å²) in [6.45, 7) is 2.83. The molecule has 2 unspecified atom stereocenters. The summed E-state index contributed by atoms with van der Waals surface area (Å²) in [7, 11) is 1.71. The van der Waals surface area contributed by atoms with Gasteiger partial charge in [-0.25, -0.2) is 4.68 Å². The lowest BCUT2D eigenvalue weighted by molar-refractivity contribution is 0.149. The molecule has 0 fully saturated rings. The summed E-state index contributed by atoms with van der Waals surface area (Å²) in [6.07, 6.45) is 2.60. The zero-order valence-corrected chi connectivity index (χ0v) is 11.9. The lowest BCUT2D eigenvalue weighted by Crippen LogP contribution is -2.31. The molecule has 1 aromatic carbocycles. The number of benzene rings is 1. The van der Waals surface area contributed by atoms with E-state index in [4.69, 9.17) is 10.6 Å². The van der Waals surface area contributed by atoms with Crippen LogP contribution in [0.5, 0.6) is 0 Å². The first-order valence-corrected chi connectivity index (χ1v) is 6.67. The van der Waals surface area contributed by atoms with E-state index in [2.05, 4.69) is 22.7 Å². The number of nitrogens with two attached hydrogens (primary N) is 1. The first-order chi connectivity index (χ1) is 9.76. The molecule has 108 valence electrons. The molecule has 2 rings (SSSR count). The summed E-state index contributed by atoms with van der Waals surface area (Å²) < 4.78 is 6.98. The highest BCUT2D eigenvalue weighted by Gasteiger charge is 2.19. The first-order valence-electron chi connectivity index (χ1n) is 6.67. The Kier molecular flexibility index (Phi) is 5.23. The van der Waals surface area contributed by atoms with Crippen molar-refractivity contribution < 1.29 is 4.74 Å². The van der Waals surface area contributed by atoms with E-state index in [0.717, 1.165) is 17.8 Å².